The van der Waals surface area contributed by atoms with Crippen LogP contribution in [0.3, 0.4) is 0 Å². The average molecular weight is 331 g/mol. The van der Waals surface area contributed by atoms with E-state index in [0.29, 0.717) is 0 Å². The summed E-state index contributed by atoms with van der Waals surface area (Å²) in [6.45, 7) is 1.99. The molecule has 1 unspecified atom stereocenters. The number of benzene rings is 1. The van der Waals surface area contributed by atoms with Crippen molar-refractivity contribution in [2.75, 3.05) is 23.5 Å². The van der Waals surface area contributed by atoms with Gasteiger partial charge in [-0.1, -0.05) is 22.6 Å². The predicted molar refractivity (Wildman–Crippen MR) is 72.6 cm³/mol. The Morgan fingerprint density at radius 1 is 1.50 bits per heavy atom. The number of methoxy groups -OCH3 is 1. The monoisotopic (exact) mass is 331 g/mol. The second-order valence-electron chi connectivity index (χ2n) is 4.21. The Hall–Kier alpha value is -0.780. The molecule has 0 N–H and O–H groups in total. The topological polar surface area (TPSA) is 29.5 Å². The number of ether oxygens (including phenoxy) is 1. The number of hydrogen-bond donors (Lipinski definition) is 0. The van der Waals surface area contributed by atoms with E-state index in [1.54, 1.807) is 12.0 Å². The Kier molecular flexibility index (Phi) is 2.86. The summed E-state index contributed by atoms with van der Waals surface area (Å²) in [6.07, 6.45) is 0. The van der Waals surface area contributed by atoms with Gasteiger partial charge in [-0.15, -0.1) is 0 Å². The van der Waals surface area contributed by atoms with Gasteiger partial charge in [0.25, 0.3) is 0 Å². The van der Waals surface area contributed by atoms with Crippen molar-refractivity contribution in [3.05, 3.63) is 23.8 Å². The van der Waals surface area contributed by atoms with Gasteiger partial charge in [0.15, 0.2) is 0 Å². The molecule has 1 aromatic carbocycles. The zero-order valence-corrected chi connectivity index (χ0v) is 11.7. The number of nitrogens with zero attached hydrogens (tertiary/aromatic N) is 1. The fraction of sp³-hybridized carbons (Fsp3) is 0.417. The van der Waals surface area contributed by atoms with E-state index in [9.17, 15) is 4.79 Å². The molecule has 1 atom stereocenters. The molecule has 16 heavy (non-hydrogen) atoms. The summed E-state index contributed by atoms with van der Waals surface area (Å²) in [5.41, 5.74) is 1.64. The van der Waals surface area contributed by atoms with E-state index >= 15 is 0 Å². The number of fused-ring (bicyclic) bond motifs is 1. The van der Waals surface area contributed by atoms with Gasteiger partial charge in [-0.05, 0) is 30.7 Å². The van der Waals surface area contributed by atoms with Crippen LogP contribution in [0.5, 0.6) is 5.75 Å². The fourth-order valence-corrected chi connectivity index (χ4v) is 2.84. The zero-order chi connectivity index (χ0) is 11.9. The quantitative estimate of drug-likeness (QED) is 0.615. The molecule has 1 aliphatic heterocycles. The number of likely N-dealkylation sites (N-methyl/N-ethyl adjacent to an activating group) is 1. The molecule has 1 aliphatic rings. The Bertz CT molecular complexity index is 447. The minimum absolute atomic E-state index is 0.158. The van der Waals surface area contributed by atoms with Crippen molar-refractivity contribution in [1.82, 2.24) is 0 Å². The van der Waals surface area contributed by atoms with E-state index < -0.39 is 5.41 Å². The maximum Gasteiger partial charge on any atom is 0.237 e. The molecule has 0 spiro atoms. The van der Waals surface area contributed by atoms with E-state index in [4.69, 9.17) is 4.74 Å². The highest BCUT2D eigenvalue weighted by Gasteiger charge is 2.45. The lowest BCUT2D eigenvalue weighted by Crippen LogP contribution is -2.37. The molecule has 0 bridgehead atoms. The summed E-state index contributed by atoms with van der Waals surface area (Å²) < 4.78 is 5.99. The van der Waals surface area contributed by atoms with Gasteiger partial charge in [0.05, 0.1) is 12.5 Å². The average Bonchev–Trinajstić information content (AvgIpc) is 2.52. The van der Waals surface area contributed by atoms with Crippen LogP contribution in [0.25, 0.3) is 0 Å². The number of carbonyl (C=O) groups excluding carboxylic acids is 1. The number of amides is 1. The molecular weight excluding hydrogens is 317 g/mol. The van der Waals surface area contributed by atoms with E-state index in [1.165, 1.54) is 0 Å². The second kappa shape index (κ2) is 3.91. The molecule has 0 saturated heterocycles. The van der Waals surface area contributed by atoms with Crippen molar-refractivity contribution in [2.45, 2.75) is 12.3 Å². The minimum Gasteiger partial charge on any atom is -0.497 e. The Balaban J connectivity index is 2.62. The molecule has 0 aliphatic carbocycles. The van der Waals surface area contributed by atoms with Crippen LogP contribution in [0.4, 0.5) is 5.69 Å². The standard InChI is InChI=1S/C12H14INO2/c1-12(7-13)9-6-8(16-3)4-5-10(9)14(2)11(12)15/h4-6H,7H2,1-3H3. The highest BCUT2D eigenvalue weighted by atomic mass is 127. The van der Waals surface area contributed by atoms with Crippen LogP contribution in [0.2, 0.25) is 0 Å². The molecule has 0 aromatic heterocycles. The normalized spacial score (nSPS) is 23.5. The van der Waals surface area contributed by atoms with Gasteiger partial charge in [-0.25, -0.2) is 0 Å². The first-order valence-corrected chi connectivity index (χ1v) is 6.60. The molecular formula is C12H14INO2. The molecule has 1 amide bonds. The number of rotatable bonds is 2. The third-order valence-corrected chi connectivity index (χ3v) is 4.73. The largest absolute Gasteiger partial charge is 0.497 e. The molecule has 2 rings (SSSR count). The number of anilines is 1. The summed E-state index contributed by atoms with van der Waals surface area (Å²) in [7, 11) is 3.47. The first-order chi connectivity index (χ1) is 7.54. The Morgan fingerprint density at radius 2 is 2.19 bits per heavy atom. The summed E-state index contributed by atoms with van der Waals surface area (Å²) in [6, 6.07) is 5.81. The van der Waals surface area contributed by atoms with Crippen molar-refractivity contribution in [1.29, 1.82) is 0 Å². The zero-order valence-electron chi connectivity index (χ0n) is 9.58. The SMILES string of the molecule is COc1ccc2c(c1)C(C)(CI)C(=O)N2C. The van der Waals surface area contributed by atoms with Crippen LogP contribution in [-0.2, 0) is 10.2 Å². The van der Waals surface area contributed by atoms with E-state index in [0.717, 1.165) is 21.4 Å². The van der Waals surface area contributed by atoms with Crippen molar-refractivity contribution in [3.8, 4) is 5.75 Å². The first-order valence-electron chi connectivity index (χ1n) is 5.07. The summed E-state index contributed by atoms with van der Waals surface area (Å²) in [5, 5.41) is 0. The third-order valence-electron chi connectivity index (χ3n) is 3.20. The summed E-state index contributed by atoms with van der Waals surface area (Å²) >= 11 is 2.26. The minimum atomic E-state index is -0.417. The number of halogens is 1. The van der Waals surface area contributed by atoms with Gasteiger partial charge >= 0.3 is 0 Å². The number of carbonyl (C=O) groups is 1. The van der Waals surface area contributed by atoms with Crippen LogP contribution in [0, 0.1) is 0 Å². The summed E-state index contributed by atoms with van der Waals surface area (Å²) in [5.74, 6) is 0.961. The van der Waals surface area contributed by atoms with Gasteiger partial charge < -0.3 is 9.64 Å². The Morgan fingerprint density at radius 3 is 2.75 bits per heavy atom. The molecule has 0 saturated carbocycles. The van der Waals surface area contributed by atoms with Crippen LogP contribution in [0.1, 0.15) is 12.5 Å². The van der Waals surface area contributed by atoms with Crippen molar-refractivity contribution in [3.63, 3.8) is 0 Å². The maximum absolute atomic E-state index is 12.2. The fourth-order valence-electron chi connectivity index (χ4n) is 2.10. The van der Waals surface area contributed by atoms with Crippen LogP contribution >= 0.6 is 22.6 Å². The molecule has 86 valence electrons. The van der Waals surface area contributed by atoms with E-state index in [-0.39, 0.29) is 5.91 Å². The Labute approximate surface area is 109 Å². The van der Waals surface area contributed by atoms with Gasteiger partial charge in [0.1, 0.15) is 5.75 Å². The molecule has 1 aromatic rings. The van der Waals surface area contributed by atoms with Crippen LogP contribution < -0.4 is 9.64 Å². The van der Waals surface area contributed by atoms with E-state index in [2.05, 4.69) is 22.6 Å². The van der Waals surface area contributed by atoms with Crippen molar-refractivity contribution < 1.29 is 9.53 Å². The predicted octanol–water partition coefficient (Wildman–Crippen LogP) is 2.36. The molecule has 0 radical (unpaired) electrons. The third kappa shape index (κ3) is 1.43. The lowest BCUT2D eigenvalue weighted by atomic mass is 9.86. The smallest absolute Gasteiger partial charge is 0.237 e. The van der Waals surface area contributed by atoms with Gasteiger partial charge in [0.2, 0.25) is 5.91 Å². The molecule has 3 nitrogen and oxygen atoms in total. The van der Waals surface area contributed by atoms with Gasteiger partial charge in [-0.2, -0.15) is 0 Å². The van der Waals surface area contributed by atoms with Crippen LogP contribution in [-0.4, -0.2) is 24.5 Å². The van der Waals surface area contributed by atoms with Crippen molar-refractivity contribution >= 4 is 34.2 Å². The highest BCUT2D eigenvalue weighted by molar-refractivity contribution is 14.1. The van der Waals surface area contributed by atoms with Gasteiger partial charge in [0, 0.05) is 17.2 Å². The van der Waals surface area contributed by atoms with Crippen LogP contribution in [0.15, 0.2) is 18.2 Å². The van der Waals surface area contributed by atoms with Crippen molar-refractivity contribution in [2.24, 2.45) is 0 Å². The summed E-state index contributed by atoms with van der Waals surface area (Å²) in [4.78, 5) is 13.9. The molecule has 0 fully saturated rings. The molecule has 1 heterocycles. The lowest BCUT2D eigenvalue weighted by molar-refractivity contribution is -0.121. The number of alkyl halides is 1. The van der Waals surface area contributed by atoms with E-state index in [1.807, 2.05) is 32.2 Å². The number of hydrogen-bond acceptors (Lipinski definition) is 2. The second-order valence-corrected chi connectivity index (χ2v) is 4.98. The lowest BCUT2D eigenvalue weighted by Gasteiger charge is -2.20. The maximum atomic E-state index is 12.2. The molecule has 4 heteroatoms. The van der Waals surface area contributed by atoms with Gasteiger partial charge in [-0.3, -0.25) is 4.79 Å². The first kappa shape index (κ1) is 11.7. The highest BCUT2D eigenvalue weighted by Crippen LogP contribution is 2.43.